The highest BCUT2D eigenvalue weighted by atomic mass is 32.2. The Kier molecular flexibility index (Phi) is 6.16. The van der Waals surface area contributed by atoms with Crippen molar-refractivity contribution in [3.05, 3.63) is 74.8 Å². The molecule has 1 aliphatic carbocycles. The fourth-order valence-electron chi connectivity index (χ4n) is 4.37. The Labute approximate surface area is 185 Å². The molecule has 1 aromatic heterocycles. The van der Waals surface area contributed by atoms with Crippen LogP contribution in [0.3, 0.4) is 0 Å². The maximum Gasteiger partial charge on any atom is 0.336 e. The third-order valence-electron chi connectivity index (χ3n) is 5.72. The molecular formula is C24H25NO3S2. The third-order valence-corrected chi connectivity index (χ3v) is 7.50. The zero-order valence-electron chi connectivity index (χ0n) is 17.4. The molecule has 0 radical (unpaired) electrons. The molecule has 2 heterocycles. The monoisotopic (exact) mass is 439 g/mol. The Hall–Kier alpha value is -2.31. The second-order valence-electron chi connectivity index (χ2n) is 7.53. The number of Topliss-reactive ketones (excluding diaryl/α,β-unsaturated/α-hetero) is 1. The molecule has 1 aromatic carbocycles. The van der Waals surface area contributed by atoms with Crippen LogP contribution in [-0.4, -0.2) is 24.6 Å². The first-order valence-corrected chi connectivity index (χ1v) is 12.2. The van der Waals surface area contributed by atoms with Gasteiger partial charge in [0.1, 0.15) is 0 Å². The minimum atomic E-state index is -0.395. The Morgan fingerprint density at radius 2 is 2.00 bits per heavy atom. The van der Waals surface area contributed by atoms with Crippen LogP contribution in [0.5, 0.6) is 0 Å². The number of thiophene rings is 1. The topological polar surface area (TPSA) is 55.4 Å². The predicted molar refractivity (Wildman–Crippen MR) is 122 cm³/mol. The zero-order chi connectivity index (χ0) is 21.3. The van der Waals surface area contributed by atoms with Crippen molar-refractivity contribution in [2.24, 2.45) is 0 Å². The average Bonchev–Trinajstić information content (AvgIpc) is 3.28. The molecule has 0 bridgehead atoms. The van der Waals surface area contributed by atoms with Gasteiger partial charge in [-0.2, -0.15) is 0 Å². The number of benzene rings is 1. The number of hydrogen-bond acceptors (Lipinski definition) is 6. The quantitative estimate of drug-likeness (QED) is 0.500. The molecule has 156 valence electrons. The summed E-state index contributed by atoms with van der Waals surface area (Å²) < 4.78 is 5.37. The van der Waals surface area contributed by atoms with Crippen LogP contribution in [0.1, 0.15) is 49.0 Å². The SMILES string of the molecule is CCOC(=O)C1=C(C)NC2=C(C(=O)C[C@@H](c3cccs3)C2)[C@@H]1c1ccc(SC)cc1. The number of allylic oxidation sites excluding steroid dienone is 3. The molecule has 30 heavy (non-hydrogen) atoms. The lowest BCUT2D eigenvalue weighted by molar-refractivity contribution is -0.138. The summed E-state index contributed by atoms with van der Waals surface area (Å²) in [7, 11) is 0. The minimum absolute atomic E-state index is 0.107. The van der Waals surface area contributed by atoms with E-state index in [1.807, 2.05) is 43.5 Å². The lowest BCUT2D eigenvalue weighted by Gasteiger charge is -2.36. The number of rotatable bonds is 5. The van der Waals surface area contributed by atoms with Crippen molar-refractivity contribution in [2.45, 2.75) is 43.4 Å². The van der Waals surface area contributed by atoms with Gasteiger partial charge in [-0.05, 0) is 55.7 Å². The standard InChI is InChI=1S/C24H25NO3S2/c1-4-28-24(27)21-14(2)25-18-12-16(20-6-5-11-30-20)13-19(26)23(18)22(21)15-7-9-17(29-3)10-8-15/h5-11,16,22,25H,4,12-13H2,1-3H3/t16-,22+/m0/s1. The Balaban J connectivity index is 1.80. The van der Waals surface area contributed by atoms with Crippen molar-refractivity contribution >= 4 is 34.9 Å². The maximum atomic E-state index is 13.4. The maximum absolute atomic E-state index is 13.4. The van der Waals surface area contributed by atoms with E-state index in [4.69, 9.17) is 4.74 Å². The van der Waals surface area contributed by atoms with Gasteiger partial charge in [-0.1, -0.05) is 18.2 Å². The van der Waals surface area contributed by atoms with Crippen LogP contribution in [0, 0.1) is 0 Å². The largest absolute Gasteiger partial charge is 0.463 e. The molecular weight excluding hydrogens is 414 g/mol. The van der Waals surface area contributed by atoms with E-state index < -0.39 is 5.92 Å². The summed E-state index contributed by atoms with van der Waals surface area (Å²) in [5.41, 5.74) is 3.91. The van der Waals surface area contributed by atoms with E-state index in [1.54, 1.807) is 30.0 Å². The molecule has 0 spiro atoms. The smallest absolute Gasteiger partial charge is 0.336 e. The lowest BCUT2D eigenvalue weighted by Crippen LogP contribution is -2.36. The number of nitrogens with one attached hydrogen (secondary N) is 1. The second kappa shape index (κ2) is 8.82. The fourth-order valence-corrected chi connectivity index (χ4v) is 5.61. The molecule has 1 N–H and O–H groups in total. The zero-order valence-corrected chi connectivity index (χ0v) is 19.0. The first kappa shape index (κ1) is 20.9. The molecule has 1 aliphatic heterocycles. The minimum Gasteiger partial charge on any atom is -0.463 e. The second-order valence-corrected chi connectivity index (χ2v) is 9.39. The van der Waals surface area contributed by atoms with Gasteiger partial charge in [-0.25, -0.2) is 4.79 Å². The van der Waals surface area contributed by atoms with Crippen LogP contribution in [0.25, 0.3) is 0 Å². The molecule has 0 amide bonds. The summed E-state index contributed by atoms with van der Waals surface area (Å²) in [5.74, 6) is -0.468. The molecule has 2 atom stereocenters. The highest BCUT2D eigenvalue weighted by Crippen LogP contribution is 2.46. The Morgan fingerprint density at radius 3 is 2.63 bits per heavy atom. The van der Waals surface area contributed by atoms with Crippen molar-refractivity contribution in [1.82, 2.24) is 5.32 Å². The highest BCUT2D eigenvalue weighted by Gasteiger charge is 2.41. The van der Waals surface area contributed by atoms with E-state index >= 15 is 0 Å². The Bertz CT molecular complexity index is 1020. The number of carbonyl (C=O) groups excluding carboxylic acids is 2. The van der Waals surface area contributed by atoms with Crippen LogP contribution in [0.4, 0.5) is 0 Å². The summed E-state index contributed by atoms with van der Waals surface area (Å²) in [6.45, 7) is 4.00. The molecule has 2 aliphatic rings. The molecule has 0 unspecified atom stereocenters. The molecule has 0 saturated heterocycles. The highest BCUT2D eigenvalue weighted by molar-refractivity contribution is 7.98. The number of esters is 1. The van der Waals surface area contributed by atoms with Gasteiger partial charge in [0.25, 0.3) is 0 Å². The van der Waals surface area contributed by atoms with E-state index in [2.05, 4.69) is 16.8 Å². The summed E-state index contributed by atoms with van der Waals surface area (Å²) >= 11 is 3.36. The van der Waals surface area contributed by atoms with E-state index in [0.717, 1.165) is 28.3 Å². The summed E-state index contributed by atoms with van der Waals surface area (Å²) in [6, 6.07) is 12.3. The predicted octanol–water partition coefficient (Wildman–Crippen LogP) is 5.39. The summed E-state index contributed by atoms with van der Waals surface area (Å²) in [4.78, 5) is 28.7. The van der Waals surface area contributed by atoms with Crippen molar-refractivity contribution < 1.29 is 14.3 Å². The lowest BCUT2D eigenvalue weighted by atomic mass is 9.72. The van der Waals surface area contributed by atoms with Gasteiger partial charge >= 0.3 is 5.97 Å². The average molecular weight is 440 g/mol. The van der Waals surface area contributed by atoms with Gasteiger partial charge in [-0.3, -0.25) is 4.79 Å². The van der Waals surface area contributed by atoms with Crippen LogP contribution in [0.15, 0.2) is 69.2 Å². The van der Waals surface area contributed by atoms with Crippen molar-refractivity contribution in [3.63, 3.8) is 0 Å². The van der Waals surface area contributed by atoms with Crippen LogP contribution in [0.2, 0.25) is 0 Å². The third kappa shape index (κ3) is 3.86. The normalized spacial score (nSPS) is 21.4. The van der Waals surface area contributed by atoms with Gasteiger partial charge in [0.05, 0.1) is 12.2 Å². The molecule has 0 fully saturated rings. The van der Waals surface area contributed by atoms with Gasteiger partial charge < -0.3 is 10.1 Å². The first-order valence-electron chi connectivity index (χ1n) is 10.1. The summed E-state index contributed by atoms with van der Waals surface area (Å²) in [5, 5.41) is 5.44. The van der Waals surface area contributed by atoms with Crippen LogP contribution >= 0.6 is 23.1 Å². The number of hydrogen-bond donors (Lipinski definition) is 1. The van der Waals surface area contributed by atoms with E-state index in [1.165, 1.54) is 4.88 Å². The van der Waals surface area contributed by atoms with Crippen LogP contribution in [-0.2, 0) is 14.3 Å². The number of thioether (sulfide) groups is 1. The first-order chi connectivity index (χ1) is 14.5. The van der Waals surface area contributed by atoms with Gasteiger partial charge in [0.15, 0.2) is 5.78 Å². The molecule has 4 nitrogen and oxygen atoms in total. The van der Waals surface area contributed by atoms with Crippen molar-refractivity contribution in [1.29, 1.82) is 0 Å². The molecule has 2 aromatic rings. The van der Waals surface area contributed by atoms with Crippen molar-refractivity contribution in [2.75, 3.05) is 12.9 Å². The number of dihydropyridines is 1. The van der Waals surface area contributed by atoms with Gasteiger partial charge in [0.2, 0.25) is 0 Å². The number of carbonyl (C=O) groups is 2. The van der Waals surface area contributed by atoms with E-state index in [9.17, 15) is 9.59 Å². The fraction of sp³-hybridized carbons (Fsp3) is 0.333. The van der Waals surface area contributed by atoms with Gasteiger partial charge in [-0.15, -0.1) is 23.1 Å². The Morgan fingerprint density at radius 1 is 1.23 bits per heavy atom. The molecule has 0 saturated carbocycles. The van der Waals surface area contributed by atoms with Gasteiger partial charge in [0, 0.05) is 45.0 Å². The van der Waals surface area contributed by atoms with E-state index in [0.29, 0.717) is 24.2 Å². The number of ketones is 1. The van der Waals surface area contributed by atoms with E-state index in [-0.39, 0.29) is 17.7 Å². The summed E-state index contributed by atoms with van der Waals surface area (Å²) in [6.07, 6.45) is 3.27. The molecule has 6 heteroatoms. The van der Waals surface area contributed by atoms with Crippen molar-refractivity contribution in [3.8, 4) is 0 Å². The van der Waals surface area contributed by atoms with Crippen LogP contribution < -0.4 is 5.32 Å². The number of ether oxygens (including phenoxy) is 1. The molecule has 4 rings (SSSR count).